The summed E-state index contributed by atoms with van der Waals surface area (Å²) < 4.78 is 6.13. The van der Waals surface area contributed by atoms with Crippen molar-refractivity contribution in [2.75, 3.05) is 19.0 Å². The van der Waals surface area contributed by atoms with E-state index in [0.717, 1.165) is 10.0 Å². The van der Waals surface area contributed by atoms with Crippen molar-refractivity contribution in [1.29, 1.82) is 0 Å². The topological polar surface area (TPSA) is 64.3 Å². The number of rotatable bonds is 4. The standard InChI is InChI=1S/C11H15BrN2O2/c1-7(15)14-11-8(5-6-13)9(12)3-4-10(11)16-2/h3-4H,5-6,13H2,1-2H3,(H,14,15). The fourth-order valence-electron chi connectivity index (χ4n) is 1.47. The molecule has 0 aliphatic carbocycles. The number of anilines is 1. The van der Waals surface area contributed by atoms with E-state index >= 15 is 0 Å². The molecule has 3 N–H and O–H groups in total. The summed E-state index contributed by atoms with van der Waals surface area (Å²) in [5, 5.41) is 2.77. The zero-order chi connectivity index (χ0) is 12.1. The molecule has 1 rings (SSSR count). The SMILES string of the molecule is COc1ccc(Br)c(CCN)c1NC(C)=O. The maximum atomic E-state index is 11.1. The van der Waals surface area contributed by atoms with E-state index in [0.29, 0.717) is 24.4 Å². The maximum absolute atomic E-state index is 11.1. The van der Waals surface area contributed by atoms with Crippen LogP contribution in [0.15, 0.2) is 16.6 Å². The van der Waals surface area contributed by atoms with Gasteiger partial charge in [-0.25, -0.2) is 0 Å². The molecule has 0 unspecified atom stereocenters. The first-order chi connectivity index (χ1) is 7.60. The Hall–Kier alpha value is -1.07. The Bertz CT molecular complexity index is 394. The molecule has 1 aromatic carbocycles. The summed E-state index contributed by atoms with van der Waals surface area (Å²) in [6.07, 6.45) is 0.674. The van der Waals surface area contributed by atoms with Gasteiger partial charge in [-0.3, -0.25) is 4.79 Å². The molecule has 1 aromatic rings. The number of carbonyl (C=O) groups is 1. The molecular formula is C11H15BrN2O2. The molecule has 0 fully saturated rings. The number of amides is 1. The number of benzene rings is 1. The minimum Gasteiger partial charge on any atom is -0.495 e. The van der Waals surface area contributed by atoms with Crippen molar-refractivity contribution in [3.63, 3.8) is 0 Å². The van der Waals surface area contributed by atoms with E-state index in [4.69, 9.17) is 10.5 Å². The normalized spacial score (nSPS) is 10.0. The number of hydrogen-bond acceptors (Lipinski definition) is 3. The molecule has 0 bridgehead atoms. The van der Waals surface area contributed by atoms with E-state index in [1.165, 1.54) is 6.92 Å². The van der Waals surface area contributed by atoms with Crippen LogP contribution >= 0.6 is 15.9 Å². The second kappa shape index (κ2) is 5.86. The number of nitrogens with two attached hydrogens (primary N) is 1. The molecule has 1 amide bonds. The summed E-state index contributed by atoms with van der Waals surface area (Å²) in [5.41, 5.74) is 7.19. The van der Waals surface area contributed by atoms with Gasteiger partial charge in [0.15, 0.2) is 0 Å². The van der Waals surface area contributed by atoms with Gasteiger partial charge in [-0.15, -0.1) is 0 Å². The van der Waals surface area contributed by atoms with E-state index in [1.54, 1.807) is 13.2 Å². The van der Waals surface area contributed by atoms with Crippen molar-refractivity contribution < 1.29 is 9.53 Å². The molecule has 16 heavy (non-hydrogen) atoms. The van der Waals surface area contributed by atoms with Gasteiger partial charge in [0.05, 0.1) is 12.8 Å². The molecule has 88 valence electrons. The number of nitrogens with one attached hydrogen (secondary N) is 1. The van der Waals surface area contributed by atoms with Gasteiger partial charge < -0.3 is 15.8 Å². The lowest BCUT2D eigenvalue weighted by molar-refractivity contribution is -0.114. The van der Waals surface area contributed by atoms with Crippen molar-refractivity contribution in [1.82, 2.24) is 0 Å². The second-order valence-electron chi connectivity index (χ2n) is 3.32. The molecule has 0 heterocycles. The monoisotopic (exact) mass is 286 g/mol. The van der Waals surface area contributed by atoms with Crippen LogP contribution in [0.5, 0.6) is 5.75 Å². The maximum Gasteiger partial charge on any atom is 0.221 e. The lowest BCUT2D eigenvalue weighted by atomic mass is 10.1. The molecule has 5 heteroatoms. The van der Waals surface area contributed by atoms with Crippen LogP contribution < -0.4 is 15.8 Å². The summed E-state index contributed by atoms with van der Waals surface area (Å²) in [4.78, 5) is 11.1. The van der Waals surface area contributed by atoms with Gasteiger partial charge in [-0.05, 0) is 30.7 Å². The van der Waals surface area contributed by atoms with E-state index in [1.807, 2.05) is 6.07 Å². The van der Waals surface area contributed by atoms with Crippen LogP contribution in [0.1, 0.15) is 12.5 Å². The average molecular weight is 287 g/mol. The van der Waals surface area contributed by atoms with Gasteiger partial charge in [0, 0.05) is 11.4 Å². The van der Waals surface area contributed by atoms with Crippen molar-refractivity contribution in [3.05, 3.63) is 22.2 Å². The van der Waals surface area contributed by atoms with Crippen molar-refractivity contribution >= 4 is 27.5 Å². The van der Waals surface area contributed by atoms with Crippen LogP contribution in [0.2, 0.25) is 0 Å². The third kappa shape index (κ3) is 2.96. The minimum absolute atomic E-state index is 0.130. The zero-order valence-corrected chi connectivity index (χ0v) is 10.9. The quantitative estimate of drug-likeness (QED) is 0.889. The molecule has 0 aromatic heterocycles. The molecule has 0 aliphatic heterocycles. The van der Waals surface area contributed by atoms with E-state index in [-0.39, 0.29) is 5.91 Å². The highest BCUT2D eigenvalue weighted by Crippen LogP contribution is 2.34. The Morgan fingerprint density at radius 2 is 2.25 bits per heavy atom. The Morgan fingerprint density at radius 1 is 1.56 bits per heavy atom. The Kier molecular flexibility index (Phi) is 4.76. The van der Waals surface area contributed by atoms with Gasteiger partial charge >= 0.3 is 0 Å². The highest BCUT2D eigenvalue weighted by atomic mass is 79.9. The van der Waals surface area contributed by atoms with Gasteiger partial charge in [0.25, 0.3) is 0 Å². The Morgan fingerprint density at radius 3 is 2.75 bits per heavy atom. The summed E-state index contributed by atoms with van der Waals surface area (Å²) in [7, 11) is 1.57. The average Bonchev–Trinajstić information content (AvgIpc) is 2.23. The van der Waals surface area contributed by atoms with Crippen LogP contribution in [0, 0.1) is 0 Å². The molecule has 0 aliphatic rings. The fraction of sp³-hybridized carbons (Fsp3) is 0.364. The first-order valence-corrected chi connectivity index (χ1v) is 5.72. The van der Waals surface area contributed by atoms with E-state index in [2.05, 4.69) is 21.2 Å². The molecule has 0 saturated carbocycles. The Labute approximate surface area is 103 Å². The van der Waals surface area contributed by atoms with Crippen molar-refractivity contribution in [2.24, 2.45) is 5.73 Å². The van der Waals surface area contributed by atoms with Gasteiger partial charge in [-0.2, -0.15) is 0 Å². The first kappa shape index (κ1) is 13.0. The highest BCUT2D eigenvalue weighted by Gasteiger charge is 2.13. The largest absolute Gasteiger partial charge is 0.495 e. The smallest absolute Gasteiger partial charge is 0.221 e. The number of methoxy groups -OCH3 is 1. The summed E-state index contributed by atoms with van der Waals surface area (Å²) >= 11 is 3.44. The summed E-state index contributed by atoms with van der Waals surface area (Å²) in [6.45, 7) is 1.98. The number of hydrogen-bond donors (Lipinski definition) is 2. The Balaban J connectivity index is 3.24. The predicted molar refractivity (Wildman–Crippen MR) is 67.8 cm³/mol. The van der Waals surface area contributed by atoms with Gasteiger partial charge in [0.2, 0.25) is 5.91 Å². The van der Waals surface area contributed by atoms with Crippen LogP contribution in [0.4, 0.5) is 5.69 Å². The lowest BCUT2D eigenvalue weighted by Crippen LogP contribution is -2.12. The van der Waals surface area contributed by atoms with Gasteiger partial charge in [-0.1, -0.05) is 15.9 Å². The number of ether oxygens (including phenoxy) is 1. The molecule has 0 atom stereocenters. The van der Waals surface area contributed by atoms with Crippen LogP contribution in [0.3, 0.4) is 0 Å². The van der Waals surface area contributed by atoms with Crippen LogP contribution in [0.25, 0.3) is 0 Å². The number of carbonyl (C=O) groups excluding carboxylic acids is 1. The minimum atomic E-state index is -0.130. The van der Waals surface area contributed by atoms with Crippen molar-refractivity contribution in [2.45, 2.75) is 13.3 Å². The third-order valence-corrected chi connectivity index (χ3v) is 2.88. The zero-order valence-electron chi connectivity index (χ0n) is 9.34. The third-order valence-electron chi connectivity index (χ3n) is 2.13. The second-order valence-corrected chi connectivity index (χ2v) is 4.18. The summed E-state index contributed by atoms with van der Waals surface area (Å²) in [6, 6.07) is 3.69. The molecular weight excluding hydrogens is 272 g/mol. The highest BCUT2D eigenvalue weighted by molar-refractivity contribution is 9.10. The molecule has 0 saturated heterocycles. The predicted octanol–water partition coefficient (Wildman–Crippen LogP) is 1.92. The van der Waals surface area contributed by atoms with Crippen LogP contribution in [-0.4, -0.2) is 19.6 Å². The molecule has 4 nitrogen and oxygen atoms in total. The van der Waals surface area contributed by atoms with Crippen molar-refractivity contribution in [3.8, 4) is 5.75 Å². The van der Waals surface area contributed by atoms with Crippen LogP contribution in [-0.2, 0) is 11.2 Å². The van der Waals surface area contributed by atoms with E-state index in [9.17, 15) is 4.79 Å². The van der Waals surface area contributed by atoms with Gasteiger partial charge in [0.1, 0.15) is 5.75 Å². The first-order valence-electron chi connectivity index (χ1n) is 4.93. The lowest BCUT2D eigenvalue weighted by Gasteiger charge is -2.15. The van der Waals surface area contributed by atoms with E-state index < -0.39 is 0 Å². The molecule has 0 radical (unpaired) electrons. The number of halogens is 1. The fourth-order valence-corrected chi connectivity index (χ4v) is 2.00. The molecule has 0 spiro atoms. The summed E-state index contributed by atoms with van der Waals surface area (Å²) in [5.74, 6) is 0.511.